The van der Waals surface area contributed by atoms with E-state index in [9.17, 15) is 13.2 Å². The van der Waals surface area contributed by atoms with Gasteiger partial charge in [-0.15, -0.1) is 0 Å². The summed E-state index contributed by atoms with van der Waals surface area (Å²) in [7, 11) is -1.71. The van der Waals surface area contributed by atoms with Crippen LogP contribution >= 0.6 is 0 Å². The Balaban J connectivity index is 4.47. The van der Waals surface area contributed by atoms with Gasteiger partial charge in [-0.25, -0.2) is 8.42 Å². The van der Waals surface area contributed by atoms with Gasteiger partial charge < -0.3 is 10.1 Å². The molecule has 0 fully saturated rings. The molecule has 5 nitrogen and oxygen atoms in total. The van der Waals surface area contributed by atoms with Crippen molar-refractivity contribution < 1.29 is 17.9 Å². The molecule has 0 aliphatic rings. The fourth-order valence-corrected chi connectivity index (χ4v) is 2.70. The lowest BCUT2D eigenvalue weighted by Crippen LogP contribution is -2.45. The number of hydrogen-bond acceptors (Lipinski definition) is 5. The van der Waals surface area contributed by atoms with Gasteiger partial charge in [-0.05, 0) is 19.3 Å². The molecule has 1 N–H and O–H groups in total. The number of nitrogens with one attached hydrogen (secondary N) is 1. The summed E-state index contributed by atoms with van der Waals surface area (Å²) in [6, 6.07) is -0.718. The van der Waals surface area contributed by atoms with Crippen molar-refractivity contribution in [3.63, 3.8) is 0 Å². The van der Waals surface area contributed by atoms with Crippen LogP contribution in [0.2, 0.25) is 0 Å². The molecule has 0 heterocycles. The fraction of sp³-hybridized carbons (Fsp3) is 0.909. The second-order valence-electron chi connectivity index (χ2n) is 4.87. The smallest absolute Gasteiger partial charge is 0.322 e. The zero-order valence-corrected chi connectivity index (χ0v) is 12.0. The number of ether oxygens (including phenoxy) is 1. The van der Waals surface area contributed by atoms with Crippen molar-refractivity contribution in [3.05, 3.63) is 0 Å². The van der Waals surface area contributed by atoms with Gasteiger partial charge in [0.1, 0.15) is 15.9 Å². The average Bonchev–Trinajstić information content (AvgIpc) is 2.11. The zero-order valence-electron chi connectivity index (χ0n) is 11.2. The highest BCUT2D eigenvalue weighted by molar-refractivity contribution is 7.90. The maximum absolute atomic E-state index is 11.5. The fourth-order valence-electron chi connectivity index (χ4n) is 1.69. The first kappa shape index (κ1) is 16.4. The number of sulfone groups is 1. The molecule has 0 aromatic rings. The first-order valence-corrected chi connectivity index (χ1v) is 7.73. The largest absolute Gasteiger partial charge is 0.468 e. The van der Waals surface area contributed by atoms with Gasteiger partial charge in [0.15, 0.2) is 0 Å². The Morgan fingerprint density at radius 3 is 2.18 bits per heavy atom. The molecule has 0 saturated heterocycles. The first-order chi connectivity index (χ1) is 7.65. The molecular weight excluding hydrogens is 242 g/mol. The second kappa shape index (κ2) is 6.96. The van der Waals surface area contributed by atoms with Crippen molar-refractivity contribution in [2.75, 3.05) is 19.1 Å². The van der Waals surface area contributed by atoms with Crippen LogP contribution in [0.3, 0.4) is 0 Å². The molecule has 6 heteroatoms. The Labute approximate surface area is 104 Å². The highest BCUT2D eigenvalue weighted by Crippen LogP contribution is 2.07. The molecule has 0 radical (unpaired) electrons. The van der Waals surface area contributed by atoms with Crippen LogP contribution in [-0.2, 0) is 19.4 Å². The van der Waals surface area contributed by atoms with Crippen LogP contribution in [-0.4, -0.2) is 45.6 Å². The molecule has 0 amide bonds. The lowest BCUT2D eigenvalue weighted by Gasteiger charge is -2.22. The third kappa shape index (κ3) is 8.15. The summed E-state index contributed by atoms with van der Waals surface area (Å²) in [6.07, 6.45) is 1.81. The van der Waals surface area contributed by atoms with Crippen LogP contribution in [0.25, 0.3) is 0 Å². The molecule has 102 valence electrons. The van der Waals surface area contributed by atoms with Crippen molar-refractivity contribution in [2.24, 2.45) is 5.92 Å². The third-order valence-corrected chi connectivity index (χ3v) is 3.34. The van der Waals surface area contributed by atoms with Crippen LogP contribution in [0.15, 0.2) is 0 Å². The molecule has 0 aliphatic heterocycles. The summed E-state index contributed by atoms with van der Waals surface area (Å²) in [5.74, 6) is -0.00502. The normalized spacial score (nSPS) is 15.6. The van der Waals surface area contributed by atoms with Crippen molar-refractivity contribution in [1.29, 1.82) is 0 Å². The quantitative estimate of drug-likeness (QED) is 0.682. The summed E-state index contributed by atoms with van der Waals surface area (Å²) in [6.45, 7) is 5.75. The molecule has 0 bridgehead atoms. The summed E-state index contributed by atoms with van der Waals surface area (Å²) >= 11 is 0. The van der Waals surface area contributed by atoms with Gasteiger partial charge in [-0.3, -0.25) is 4.79 Å². The zero-order chi connectivity index (χ0) is 13.6. The van der Waals surface area contributed by atoms with Crippen LogP contribution in [0, 0.1) is 5.92 Å². The summed E-state index contributed by atoms with van der Waals surface area (Å²) < 4.78 is 27.0. The van der Waals surface area contributed by atoms with E-state index < -0.39 is 15.9 Å². The second-order valence-corrected chi connectivity index (χ2v) is 7.05. The Morgan fingerprint density at radius 2 is 1.82 bits per heavy atom. The van der Waals surface area contributed by atoms with E-state index in [0.29, 0.717) is 12.3 Å². The molecule has 2 unspecified atom stereocenters. The van der Waals surface area contributed by atoms with Crippen molar-refractivity contribution in [2.45, 2.75) is 39.3 Å². The predicted octanol–water partition coefficient (Wildman–Crippen LogP) is 0.597. The van der Waals surface area contributed by atoms with Gasteiger partial charge in [0, 0.05) is 12.3 Å². The van der Waals surface area contributed by atoms with Gasteiger partial charge in [-0.2, -0.15) is 0 Å². The van der Waals surface area contributed by atoms with Crippen molar-refractivity contribution in [1.82, 2.24) is 5.32 Å². The van der Waals surface area contributed by atoms with Gasteiger partial charge in [0.05, 0.1) is 12.9 Å². The third-order valence-electron chi connectivity index (χ3n) is 2.23. The van der Waals surface area contributed by atoms with E-state index >= 15 is 0 Å². The van der Waals surface area contributed by atoms with Gasteiger partial charge in [0.2, 0.25) is 0 Å². The predicted molar refractivity (Wildman–Crippen MR) is 67.6 cm³/mol. The Kier molecular flexibility index (Phi) is 6.70. The Bertz CT molecular complexity index is 337. The lowest BCUT2D eigenvalue weighted by molar-refractivity contribution is -0.143. The van der Waals surface area contributed by atoms with E-state index in [4.69, 9.17) is 4.74 Å². The summed E-state index contributed by atoms with van der Waals surface area (Å²) in [4.78, 5) is 11.5. The van der Waals surface area contributed by atoms with Crippen molar-refractivity contribution in [3.8, 4) is 0 Å². The first-order valence-electron chi connectivity index (χ1n) is 5.67. The maximum atomic E-state index is 11.5. The van der Waals surface area contributed by atoms with Crippen LogP contribution in [0.1, 0.15) is 27.2 Å². The maximum Gasteiger partial charge on any atom is 0.322 e. The topological polar surface area (TPSA) is 72.5 Å². The minimum atomic E-state index is -3.04. The Hall–Kier alpha value is -0.620. The summed E-state index contributed by atoms with van der Waals surface area (Å²) in [5.41, 5.74) is 0. The van der Waals surface area contributed by atoms with E-state index in [1.807, 2.05) is 13.8 Å². The highest BCUT2D eigenvalue weighted by Gasteiger charge is 2.23. The monoisotopic (exact) mass is 265 g/mol. The number of carbonyl (C=O) groups excluding carboxylic acids is 1. The number of hydrogen-bond donors (Lipinski definition) is 1. The van der Waals surface area contributed by atoms with Crippen LogP contribution in [0.5, 0.6) is 0 Å². The molecule has 0 aromatic heterocycles. The SMILES string of the molecule is COC(=O)C(CC(C)C)NC(C)CS(C)(=O)=O. The lowest BCUT2D eigenvalue weighted by atomic mass is 10.0. The summed E-state index contributed by atoms with van der Waals surface area (Å²) in [5, 5.41) is 3.00. The van der Waals surface area contributed by atoms with Crippen LogP contribution in [0.4, 0.5) is 0 Å². The van der Waals surface area contributed by atoms with E-state index in [0.717, 1.165) is 0 Å². The minimum absolute atomic E-state index is 0.0125. The standard InChI is InChI=1S/C11H23NO4S/c1-8(2)6-10(11(13)16-4)12-9(3)7-17(5,14)15/h8-10,12H,6-7H2,1-5H3. The number of esters is 1. The van der Waals surface area contributed by atoms with Gasteiger partial charge in [-0.1, -0.05) is 13.8 Å². The highest BCUT2D eigenvalue weighted by atomic mass is 32.2. The van der Waals surface area contributed by atoms with Crippen LogP contribution < -0.4 is 5.32 Å². The molecule has 0 spiro atoms. The molecule has 0 saturated carbocycles. The van der Waals surface area contributed by atoms with Crippen molar-refractivity contribution >= 4 is 15.8 Å². The molecular formula is C11H23NO4S. The van der Waals surface area contributed by atoms with E-state index in [2.05, 4.69) is 5.32 Å². The molecule has 0 rings (SSSR count). The number of rotatable bonds is 7. The van der Waals surface area contributed by atoms with Gasteiger partial charge >= 0.3 is 5.97 Å². The molecule has 0 aliphatic carbocycles. The van der Waals surface area contributed by atoms with E-state index in [-0.39, 0.29) is 17.8 Å². The van der Waals surface area contributed by atoms with E-state index in [1.165, 1.54) is 13.4 Å². The number of carbonyl (C=O) groups is 1. The van der Waals surface area contributed by atoms with Gasteiger partial charge in [0.25, 0.3) is 0 Å². The van der Waals surface area contributed by atoms with E-state index in [1.54, 1.807) is 6.92 Å². The number of methoxy groups -OCH3 is 1. The average molecular weight is 265 g/mol. The molecule has 2 atom stereocenters. The molecule has 0 aromatic carbocycles. The molecule has 17 heavy (non-hydrogen) atoms. The Morgan fingerprint density at radius 1 is 1.29 bits per heavy atom. The minimum Gasteiger partial charge on any atom is -0.468 e.